The van der Waals surface area contributed by atoms with Crippen molar-refractivity contribution in [2.24, 2.45) is 5.73 Å². The standard InChI is InChI=1S/C17H15F2NOS/c18-11-4-2-5-12(8-11)22-13-7-10-3-1-6-14(17(20)21)16(10)15(19)9-13/h2,4-5,7-9,14H,1,3,6H2,(H2,20,21)/t14-/m1/s1. The van der Waals surface area contributed by atoms with Crippen LogP contribution in [0.5, 0.6) is 0 Å². The number of rotatable bonds is 3. The second-order valence-corrected chi connectivity index (χ2v) is 6.53. The molecule has 1 aliphatic carbocycles. The maximum Gasteiger partial charge on any atom is 0.225 e. The summed E-state index contributed by atoms with van der Waals surface area (Å²) in [6.45, 7) is 0. The summed E-state index contributed by atoms with van der Waals surface area (Å²) in [4.78, 5) is 12.9. The van der Waals surface area contributed by atoms with Gasteiger partial charge in [0.05, 0.1) is 5.92 Å². The lowest BCUT2D eigenvalue weighted by molar-refractivity contribution is -0.119. The van der Waals surface area contributed by atoms with Gasteiger partial charge in [0, 0.05) is 15.4 Å². The lowest BCUT2D eigenvalue weighted by Crippen LogP contribution is -2.26. The highest BCUT2D eigenvalue weighted by atomic mass is 32.2. The summed E-state index contributed by atoms with van der Waals surface area (Å²) in [5.41, 5.74) is 6.64. The Hall–Kier alpha value is -1.88. The van der Waals surface area contributed by atoms with Crippen molar-refractivity contribution in [3.63, 3.8) is 0 Å². The van der Waals surface area contributed by atoms with Crippen LogP contribution in [0.1, 0.15) is 29.9 Å². The van der Waals surface area contributed by atoms with E-state index in [4.69, 9.17) is 5.73 Å². The number of fused-ring (bicyclic) bond motifs is 1. The zero-order valence-corrected chi connectivity index (χ0v) is 12.6. The normalized spacial score (nSPS) is 17.1. The molecule has 0 saturated carbocycles. The molecule has 0 bridgehead atoms. The second kappa shape index (κ2) is 6.08. The Kier molecular flexibility index (Phi) is 4.16. The molecule has 0 unspecified atom stereocenters. The molecule has 3 rings (SSSR count). The van der Waals surface area contributed by atoms with Crippen molar-refractivity contribution in [3.05, 3.63) is 59.2 Å². The van der Waals surface area contributed by atoms with E-state index in [0.29, 0.717) is 21.8 Å². The van der Waals surface area contributed by atoms with Crippen LogP contribution in [0.3, 0.4) is 0 Å². The molecule has 22 heavy (non-hydrogen) atoms. The summed E-state index contributed by atoms with van der Waals surface area (Å²) < 4.78 is 27.7. The third kappa shape index (κ3) is 2.99. The third-order valence-electron chi connectivity index (χ3n) is 3.85. The monoisotopic (exact) mass is 319 g/mol. The Balaban J connectivity index is 1.95. The first-order valence-corrected chi connectivity index (χ1v) is 7.91. The number of benzene rings is 2. The fraction of sp³-hybridized carbons (Fsp3) is 0.235. The number of nitrogens with two attached hydrogens (primary N) is 1. The van der Waals surface area contributed by atoms with Gasteiger partial charge in [-0.2, -0.15) is 0 Å². The lowest BCUT2D eigenvalue weighted by atomic mass is 9.82. The minimum atomic E-state index is -0.544. The van der Waals surface area contributed by atoms with Gasteiger partial charge in [-0.3, -0.25) is 4.79 Å². The summed E-state index contributed by atoms with van der Waals surface area (Å²) in [5.74, 6) is -1.75. The molecule has 2 N–H and O–H groups in total. The average Bonchev–Trinajstić information content (AvgIpc) is 2.46. The van der Waals surface area contributed by atoms with Crippen LogP contribution in [-0.2, 0) is 11.2 Å². The lowest BCUT2D eigenvalue weighted by Gasteiger charge is -2.24. The first kappa shape index (κ1) is 15.0. The average molecular weight is 319 g/mol. The number of aryl methyl sites for hydroxylation is 1. The third-order valence-corrected chi connectivity index (χ3v) is 4.81. The van der Waals surface area contributed by atoms with Crippen LogP contribution in [0.25, 0.3) is 0 Å². The Morgan fingerprint density at radius 2 is 2.00 bits per heavy atom. The Bertz CT molecular complexity index is 733. The van der Waals surface area contributed by atoms with Gasteiger partial charge >= 0.3 is 0 Å². The molecule has 0 aromatic heterocycles. The van der Waals surface area contributed by atoms with E-state index >= 15 is 0 Å². The van der Waals surface area contributed by atoms with Crippen molar-refractivity contribution < 1.29 is 13.6 Å². The van der Waals surface area contributed by atoms with Crippen molar-refractivity contribution in [2.45, 2.75) is 35.0 Å². The molecule has 2 aromatic carbocycles. The summed E-state index contributed by atoms with van der Waals surface area (Å²) in [7, 11) is 0. The zero-order chi connectivity index (χ0) is 15.7. The number of carbonyl (C=O) groups excluding carboxylic acids is 1. The predicted octanol–water partition coefficient (Wildman–Crippen LogP) is 4.02. The van der Waals surface area contributed by atoms with Crippen LogP contribution >= 0.6 is 11.8 Å². The van der Waals surface area contributed by atoms with Gasteiger partial charge in [-0.05, 0) is 55.2 Å². The highest BCUT2D eigenvalue weighted by molar-refractivity contribution is 7.99. The van der Waals surface area contributed by atoms with Crippen molar-refractivity contribution in [3.8, 4) is 0 Å². The predicted molar refractivity (Wildman–Crippen MR) is 81.8 cm³/mol. The van der Waals surface area contributed by atoms with Crippen LogP contribution in [0.4, 0.5) is 8.78 Å². The SMILES string of the molecule is NC(=O)[C@@H]1CCCc2cc(Sc3cccc(F)c3)cc(F)c21. The number of primary amides is 1. The van der Waals surface area contributed by atoms with E-state index in [2.05, 4.69) is 0 Å². The van der Waals surface area contributed by atoms with Gasteiger partial charge < -0.3 is 5.73 Å². The van der Waals surface area contributed by atoms with Crippen LogP contribution in [0.2, 0.25) is 0 Å². The van der Waals surface area contributed by atoms with Gasteiger partial charge in [0.25, 0.3) is 0 Å². The van der Waals surface area contributed by atoms with E-state index in [1.165, 1.54) is 30.0 Å². The molecule has 114 valence electrons. The Morgan fingerprint density at radius 3 is 2.73 bits per heavy atom. The van der Waals surface area contributed by atoms with Crippen molar-refractivity contribution in [1.29, 1.82) is 0 Å². The Labute approximate surface area is 131 Å². The number of amides is 1. The molecule has 5 heteroatoms. The van der Waals surface area contributed by atoms with E-state index in [1.54, 1.807) is 12.1 Å². The smallest absolute Gasteiger partial charge is 0.225 e. The molecular weight excluding hydrogens is 304 g/mol. The van der Waals surface area contributed by atoms with Crippen molar-refractivity contribution >= 4 is 17.7 Å². The maximum atomic E-state index is 14.4. The topological polar surface area (TPSA) is 43.1 Å². The largest absolute Gasteiger partial charge is 0.369 e. The van der Waals surface area contributed by atoms with Crippen LogP contribution in [-0.4, -0.2) is 5.91 Å². The molecule has 0 aliphatic heterocycles. The van der Waals surface area contributed by atoms with Crippen LogP contribution in [0.15, 0.2) is 46.2 Å². The van der Waals surface area contributed by atoms with Crippen molar-refractivity contribution in [1.82, 2.24) is 0 Å². The fourth-order valence-electron chi connectivity index (χ4n) is 2.90. The highest BCUT2D eigenvalue weighted by Gasteiger charge is 2.28. The Morgan fingerprint density at radius 1 is 1.18 bits per heavy atom. The molecule has 0 saturated heterocycles. The molecule has 1 atom stereocenters. The second-order valence-electron chi connectivity index (χ2n) is 5.38. The minimum absolute atomic E-state index is 0.322. The number of carbonyl (C=O) groups is 1. The first-order chi connectivity index (χ1) is 10.5. The number of hydrogen-bond acceptors (Lipinski definition) is 2. The molecule has 0 spiro atoms. The molecule has 1 aliphatic rings. The molecule has 0 fully saturated rings. The van der Waals surface area contributed by atoms with Gasteiger partial charge in [0.1, 0.15) is 11.6 Å². The van der Waals surface area contributed by atoms with Gasteiger partial charge in [0.15, 0.2) is 0 Å². The molecule has 1 amide bonds. The van der Waals surface area contributed by atoms with Crippen LogP contribution in [0, 0.1) is 11.6 Å². The first-order valence-electron chi connectivity index (χ1n) is 7.09. The molecule has 0 heterocycles. The molecule has 0 radical (unpaired) electrons. The number of hydrogen-bond donors (Lipinski definition) is 1. The fourth-order valence-corrected chi connectivity index (χ4v) is 3.85. The van der Waals surface area contributed by atoms with Crippen LogP contribution < -0.4 is 5.73 Å². The zero-order valence-electron chi connectivity index (χ0n) is 11.8. The van der Waals surface area contributed by atoms with E-state index in [1.807, 2.05) is 6.07 Å². The van der Waals surface area contributed by atoms with E-state index in [0.717, 1.165) is 18.4 Å². The molecule has 2 nitrogen and oxygen atoms in total. The van der Waals surface area contributed by atoms with Gasteiger partial charge in [-0.25, -0.2) is 8.78 Å². The quantitative estimate of drug-likeness (QED) is 0.928. The van der Waals surface area contributed by atoms with Gasteiger partial charge in [0.2, 0.25) is 5.91 Å². The van der Waals surface area contributed by atoms with E-state index in [-0.39, 0.29) is 5.82 Å². The minimum Gasteiger partial charge on any atom is -0.369 e. The summed E-state index contributed by atoms with van der Waals surface area (Å²) >= 11 is 1.30. The van der Waals surface area contributed by atoms with E-state index in [9.17, 15) is 13.6 Å². The number of halogens is 2. The van der Waals surface area contributed by atoms with E-state index < -0.39 is 17.6 Å². The molecule has 2 aromatic rings. The van der Waals surface area contributed by atoms with Gasteiger partial charge in [-0.1, -0.05) is 17.8 Å². The maximum absolute atomic E-state index is 14.4. The van der Waals surface area contributed by atoms with Gasteiger partial charge in [-0.15, -0.1) is 0 Å². The summed E-state index contributed by atoms with van der Waals surface area (Å²) in [5, 5.41) is 0. The molecular formula is C17H15F2NOS. The summed E-state index contributed by atoms with van der Waals surface area (Å²) in [6, 6.07) is 9.45. The van der Waals surface area contributed by atoms with Crippen molar-refractivity contribution in [2.75, 3.05) is 0 Å². The highest BCUT2D eigenvalue weighted by Crippen LogP contribution is 2.38. The summed E-state index contributed by atoms with van der Waals surface area (Å²) in [6.07, 6.45) is 2.14.